The molecule has 21 heavy (non-hydrogen) atoms. The first-order valence-electron chi connectivity index (χ1n) is 7.58. The molecule has 4 heteroatoms. The van der Waals surface area contributed by atoms with E-state index in [4.69, 9.17) is 5.11 Å². The fourth-order valence-corrected chi connectivity index (χ4v) is 2.41. The second-order valence-corrected chi connectivity index (χ2v) is 5.78. The molecule has 1 aromatic heterocycles. The van der Waals surface area contributed by atoms with Crippen molar-refractivity contribution < 1.29 is 5.11 Å². The van der Waals surface area contributed by atoms with Gasteiger partial charge < -0.3 is 10.4 Å². The highest BCUT2D eigenvalue weighted by Crippen LogP contribution is 2.08. The van der Waals surface area contributed by atoms with Gasteiger partial charge in [0.25, 0.3) is 0 Å². The van der Waals surface area contributed by atoms with Crippen LogP contribution in [0.15, 0.2) is 42.7 Å². The predicted molar refractivity (Wildman–Crippen MR) is 84.9 cm³/mol. The van der Waals surface area contributed by atoms with E-state index in [1.54, 1.807) is 0 Å². The molecular weight excluding hydrogens is 262 g/mol. The summed E-state index contributed by atoms with van der Waals surface area (Å²) >= 11 is 0. The normalized spacial score (nSPS) is 12.8. The number of nitrogens with zero attached hydrogens (tertiary/aromatic N) is 2. The first kappa shape index (κ1) is 15.7. The van der Waals surface area contributed by atoms with Crippen molar-refractivity contribution in [2.45, 2.75) is 39.4 Å². The zero-order valence-corrected chi connectivity index (χ0v) is 12.9. The van der Waals surface area contributed by atoms with Crippen LogP contribution in [0.2, 0.25) is 0 Å². The topological polar surface area (TPSA) is 50.1 Å². The van der Waals surface area contributed by atoms with E-state index in [0.717, 1.165) is 19.5 Å². The summed E-state index contributed by atoms with van der Waals surface area (Å²) in [4.78, 5) is 0. The van der Waals surface area contributed by atoms with Gasteiger partial charge in [-0.05, 0) is 17.9 Å². The molecule has 1 heterocycles. The minimum atomic E-state index is 0.225. The zero-order chi connectivity index (χ0) is 15.1. The molecule has 0 aliphatic carbocycles. The Morgan fingerprint density at radius 1 is 1.19 bits per heavy atom. The summed E-state index contributed by atoms with van der Waals surface area (Å²) in [6, 6.07) is 10.7. The zero-order valence-electron chi connectivity index (χ0n) is 12.9. The van der Waals surface area contributed by atoms with Crippen molar-refractivity contribution in [3.63, 3.8) is 0 Å². The molecule has 0 fully saturated rings. The summed E-state index contributed by atoms with van der Waals surface area (Å²) in [5.74, 6) is 0.511. The van der Waals surface area contributed by atoms with Crippen molar-refractivity contribution in [1.29, 1.82) is 0 Å². The van der Waals surface area contributed by atoms with Gasteiger partial charge >= 0.3 is 0 Å². The third-order valence-corrected chi connectivity index (χ3v) is 3.69. The Labute approximate surface area is 126 Å². The van der Waals surface area contributed by atoms with Crippen LogP contribution in [0.25, 0.3) is 0 Å². The van der Waals surface area contributed by atoms with Crippen LogP contribution in [0.3, 0.4) is 0 Å². The molecular formula is C17H25N3O. The molecule has 1 atom stereocenters. The van der Waals surface area contributed by atoms with Gasteiger partial charge in [0.1, 0.15) is 0 Å². The van der Waals surface area contributed by atoms with Crippen molar-refractivity contribution in [2.24, 2.45) is 5.92 Å². The van der Waals surface area contributed by atoms with Crippen LogP contribution in [0.1, 0.15) is 31.4 Å². The number of hydrogen-bond acceptors (Lipinski definition) is 3. The molecule has 4 nitrogen and oxygen atoms in total. The molecule has 2 aromatic rings. The maximum absolute atomic E-state index is 9.09. The van der Waals surface area contributed by atoms with Gasteiger partial charge in [-0.1, -0.05) is 44.2 Å². The summed E-state index contributed by atoms with van der Waals surface area (Å²) in [5, 5.41) is 17.0. The summed E-state index contributed by atoms with van der Waals surface area (Å²) in [7, 11) is 0. The quantitative estimate of drug-likeness (QED) is 0.784. The van der Waals surface area contributed by atoms with Gasteiger partial charge in [0, 0.05) is 31.0 Å². The lowest BCUT2D eigenvalue weighted by Crippen LogP contribution is -2.34. The Bertz CT molecular complexity index is 522. The van der Waals surface area contributed by atoms with E-state index in [1.165, 1.54) is 11.1 Å². The van der Waals surface area contributed by atoms with Crippen molar-refractivity contribution in [3.8, 4) is 0 Å². The first-order valence-corrected chi connectivity index (χ1v) is 7.58. The van der Waals surface area contributed by atoms with Crippen molar-refractivity contribution in [3.05, 3.63) is 53.9 Å². The smallest absolute Gasteiger partial charge is 0.0659 e. The molecule has 0 saturated heterocycles. The molecule has 0 aliphatic rings. The Kier molecular flexibility index (Phi) is 5.96. The van der Waals surface area contributed by atoms with Crippen LogP contribution in [0.4, 0.5) is 0 Å². The van der Waals surface area contributed by atoms with Crippen LogP contribution < -0.4 is 5.32 Å². The molecule has 0 saturated carbocycles. The fraction of sp³-hybridized carbons (Fsp3) is 0.471. The van der Waals surface area contributed by atoms with Gasteiger partial charge in [0.2, 0.25) is 0 Å². The Morgan fingerprint density at radius 2 is 1.95 bits per heavy atom. The van der Waals surface area contributed by atoms with Gasteiger partial charge in [-0.15, -0.1) is 0 Å². The molecule has 2 rings (SSSR count). The van der Waals surface area contributed by atoms with Gasteiger partial charge in [-0.3, -0.25) is 4.68 Å². The van der Waals surface area contributed by atoms with E-state index in [9.17, 15) is 0 Å². The van der Waals surface area contributed by atoms with Gasteiger partial charge in [-0.25, -0.2) is 0 Å². The highest BCUT2D eigenvalue weighted by Gasteiger charge is 2.12. The second kappa shape index (κ2) is 7.96. The summed E-state index contributed by atoms with van der Waals surface area (Å²) in [6.45, 7) is 6.16. The van der Waals surface area contributed by atoms with E-state index >= 15 is 0 Å². The van der Waals surface area contributed by atoms with Crippen molar-refractivity contribution >= 4 is 0 Å². The number of benzene rings is 1. The van der Waals surface area contributed by atoms with E-state index in [0.29, 0.717) is 12.0 Å². The Morgan fingerprint density at radius 3 is 2.62 bits per heavy atom. The minimum absolute atomic E-state index is 0.225. The molecule has 1 unspecified atom stereocenters. The fourth-order valence-electron chi connectivity index (χ4n) is 2.41. The minimum Gasteiger partial charge on any atom is -0.396 e. The van der Waals surface area contributed by atoms with Crippen molar-refractivity contribution in [1.82, 2.24) is 15.1 Å². The summed E-state index contributed by atoms with van der Waals surface area (Å²) < 4.78 is 1.96. The number of nitrogens with one attached hydrogen (secondary N) is 1. The highest BCUT2D eigenvalue weighted by atomic mass is 16.3. The van der Waals surface area contributed by atoms with E-state index in [2.05, 4.69) is 42.6 Å². The van der Waals surface area contributed by atoms with Crippen LogP contribution in [0.5, 0.6) is 0 Å². The number of hydrogen-bond donors (Lipinski definition) is 2. The lowest BCUT2D eigenvalue weighted by Gasteiger charge is -2.21. The summed E-state index contributed by atoms with van der Waals surface area (Å²) in [6.07, 6.45) is 4.78. The molecule has 2 N–H and O–H groups in total. The number of aliphatic hydroxyl groups excluding tert-OH is 1. The third-order valence-electron chi connectivity index (χ3n) is 3.69. The average molecular weight is 287 g/mol. The maximum atomic E-state index is 9.09. The predicted octanol–water partition coefficient (Wildman–Crippen LogP) is 2.43. The first-order chi connectivity index (χ1) is 10.2. The highest BCUT2D eigenvalue weighted by molar-refractivity contribution is 5.15. The molecule has 0 aliphatic heterocycles. The van der Waals surface area contributed by atoms with E-state index < -0.39 is 0 Å². The van der Waals surface area contributed by atoms with Gasteiger partial charge in [0.05, 0.1) is 12.7 Å². The number of rotatable bonds is 8. The maximum Gasteiger partial charge on any atom is 0.0659 e. The lowest BCUT2D eigenvalue weighted by molar-refractivity contribution is 0.244. The Hall–Kier alpha value is -1.65. The second-order valence-electron chi connectivity index (χ2n) is 5.78. The monoisotopic (exact) mass is 287 g/mol. The molecule has 0 radical (unpaired) electrons. The molecule has 0 spiro atoms. The van der Waals surface area contributed by atoms with Gasteiger partial charge in [-0.2, -0.15) is 5.10 Å². The molecule has 1 aromatic carbocycles. The van der Waals surface area contributed by atoms with Crippen molar-refractivity contribution in [2.75, 3.05) is 6.61 Å². The van der Waals surface area contributed by atoms with Crippen LogP contribution in [-0.2, 0) is 13.1 Å². The standard InChI is InChI=1S/C17H25N3O/c1-14(2)17(8-9-21)18-10-16-11-19-20(13-16)12-15-6-4-3-5-7-15/h3-7,11,13-14,17-18,21H,8-10,12H2,1-2H3. The van der Waals surface area contributed by atoms with E-state index in [-0.39, 0.29) is 6.61 Å². The molecule has 0 amide bonds. The number of aliphatic hydroxyl groups is 1. The summed E-state index contributed by atoms with van der Waals surface area (Å²) in [5.41, 5.74) is 2.43. The number of aromatic nitrogens is 2. The third kappa shape index (κ3) is 4.99. The van der Waals surface area contributed by atoms with Gasteiger partial charge in [0.15, 0.2) is 0 Å². The average Bonchev–Trinajstić information content (AvgIpc) is 2.92. The van der Waals surface area contributed by atoms with Crippen LogP contribution in [0, 0.1) is 5.92 Å². The van der Waals surface area contributed by atoms with E-state index in [1.807, 2.05) is 29.1 Å². The van der Waals surface area contributed by atoms with Crippen LogP contribution >= 0.6 is 0 Å². The Balaban J connectivity index is 1.88. The molecule has 0 bridgehead atoms. The molecule has 114 valence electrons. The van der Waals surface area contributed by atoms with Crippen LogP contribution in [-0.4, -0.2) is 27.5 Å². The largest absolute Gasteiger partial charge is 0.396 e. The SMILES string of the molecule is CC(C)C(CCO)NCc1cnn(Cc2ccccc2)c1. The lowest BCUT2D eigenvalue weighted by atomic mass is 10.0.